The van der Waals surface area contributed by atoms with Crippen LogP contribution in [0.2, 0.25) is 0 Å². The summed E-state index contributed by atoms with van der Waals surface area (Å²) < 4.78 is 5.14. The first-order valence-electron chi connectivity index (χ1n) is 7.88. The highest BCUT2D eigenvalue weighted by Gasteiger charge is 2.55. The maximum atomic E-state index is 12.9. The number of carbonyl (C=O) groups excluding carboxylic acids is 2. The molecule has 2 atom stereocenters. The first kappa shape index (κ1) is 15.3. The maximum Gasteiger partial charge on any atom is 0.263 e. The molecule has 0 N–H and O–H groups in total. The van der Waals surface area contributed by atoms with Gasteiger partial charge in [0.15, 0.2) is 12.1 Å². The fourth-order valence-corrected chi connectivity index (χ4v) is 3.06. The van der Waals surface area contributed by atoms with Crippen molar-refractivity contribution in [3.05, 3.63) is 54.1 Å². The van der Waals surface area contributed by atoms with Crippen molar-refractivity contribution in [1.29, 1.82) is 0 Å². The van der Waals surface area contributed by atoms with E-state index in [1.54, 1.807) is 43.5 Å². The normalized spacial score (nSPS) is 21.8. The first-order chi connectivity index (χ1) is 12.1. The Morgan fingerprint density at radius 3 is 2.20 bits per heavy atom. The summed E-state index contributed by atoms with van der Waals surface area (Å²) in [5.41, 5.74) is 2.30. The van der Waals surface area contributed by atoms with Crippen molar-refractivity contribution in [3.8, 4) is 5.75 Å². The molecule has 1 saturated heterocycles. The molecule has 7 nitrogen and oxygen atoms in total. The van der Waals surface area contributed by atoms with Gasteiger partial charge in [0.2, 0.25) is 0 Å². The Labute approximate surface area is 144 Å². The average Bonchev–Trinajstić information content (AvgIpc) is 3.17. The van der Waals surface area contributed by atoms with Crippen LogP contribution in [0.4, 0.5) is 11.4 Å². The van der Waals surface area contributed by atoms with Crippen molar-refractivity contribution in [2.24, 2.45) is 10.3 Å². The molecule has 2 aliphatic heterocycles. The molecule has 2 aliphatic rings. The number of amides is 2. The summed E-state index contributed by atoms with van der Waals surface area (Å²) in [5.74, 6) is 0.0322. The fourth-order valence-electron chi connectivity index (χ4n) is 3.06. The molecule has 0 bridgehead atoms. The Hall–Kier alpha value is -3.22. The monoisotopic (exact) mass is 336 g/mol. The zero-order chi connectivity index (χ0) is 17.6. The van der Waals surface area contributed by atoms with E-state index in [1.807, 2.05) is 19.1 Å². The van der Waals surface area contributed by atoms with Crippen LogP contribution >= 0.6 is 0 Å². The molecule has 4 rings (SSSR count). The summed E-state index contributed by atoms with van der Waals surface area (Å²) in [6.07, 6.45) is 0. The molecule has 0 unspecified atom stereocenters. The average molecular weight is 336 g/mol. The van der Waals surface area contributed by atoms with Gasteiger partial charge < -0.3 is 4.74 Å². The molecule has 2 heterocycles. The highest BCUT2D eigenvalue weighted by molar-refractivity contribution is 6.26. The second-order valence-electron chi connectivity index (χ2n) is 5.98. The minimum absolute atomic E-state index is 0.320. The number of anilines is 2. The van der Waals surface area contributed by atoms with Crippen LogP contribution < -0.4 is 14.6 Å². The van der Waals surface area contributed by atoms with E-state index in [1.165, 1.54) is 9.91 Å². The lowest BCUT2D eigenvalue weighted by Crippen LogP contribution is -2.39. The topological polar surface area (TPSA) is 74.6 Å². The minimum atomic E-state index is -0.809. The van der Waals surface area contributed by atoms with Crippen molar-refractivity contribution < 1.29 is 14.3 Å². The van der Waals surface area contributed by atoms with Crippen LogP contribution in [0.1, 0.15) is 5.56 Å². The second kappa shape index (κ2) is 5.70. The van der Waals surface area contributed by atoms with Crippen molar-refractivity contribution in [2.45, 2.75) is 19.0 Å². The Balaban J connectivity index is 1.66. The Morgan fingerprint density at radius 1 is 0.920 bits per heavy atom. The zero-order valence-corrected chi connectivity index (χ0v) is 13.8. The number of hydrogen-bond donors (Lipinski definition) is 0. The molecule has 0 aliphatic carbocycles. The summed E-state index contributed by atoms with van der Waals surface area (Å²) in [4.78, 5) is 26.8. The van der Waals surface area contributed by atoms with E-state index in [4.69, 9.17) is 4.74 Å². The van der Waals surface area contributed by atoms with Gasteiger partial charge in [0.1, 0.15) is 5.75 Å². The van der Waals surface area contributed by atoms with Crippen molar-refractivity contribution in [2.75, 3.05) is 17.0 Å². The third-order valence-corrected chi connectivity index (χ3v) is 4.41. The largest absolute Gasteiger partial charge is 0.497 e. The highest BCUT2D eigenvalue weighted by atomic mass is 16.5. The fraction of sp³-hybridized carbons (Fsp3) is 0.222. The minimum Gasteiger partial charge on any atom is -0.497 e. The Kier molecular flexibility index (Phi) is 3.49. The smallest absolute Gasteiger partial charge is 0.263 e. The standard InChI is InChI=1S/C18H16N4O3/c1-11-3-5-12(6-4-11)21-17(23)15-16(18(21)24)22(20-19-15)13-7-9-14(25-2)10-8-13/h3-10,15-16H,1-2H3/t15-,16-/m1/s1. The number of methoxy groups -OCH3 is 1. The number of hydrogen-bond acceptors (Lipinski definition) is 6. The van der Waals surface area contributed by atoms with Crippen molar-refractivity contribution >= 4 is 23.2 Å². The third-order valence-electron chi connectivity index (χ3n) is 4.41. The number of nitrogens with zero attached hydrogens (tertiary/aromatic N) is 4. The SMILES string of the molecule is COc1ccc(N2N=N[C@H]3C(=O)N(c4ccc(C)cc4)C(=O)[C@@H]32)cc1. The molecule has 0 radical (unpaired) electrons. The van der Waals surface area contributed by atoms with Gasteiger partial charge in [-0.2, -0.15) is 5.11 Å². The predicted molar refractivity (Wildman–Crippen MR) is 91.6 cm³/mol. The molecule has 25 heavy (non-hydrogen) atoms. The summed E-state index contributed by atoms with van der Waals surface area (Å²) in [5, 5.41) is 9.57. The lowest BCUT2D eigenvalue weighted by Gasteiger charge is -2.20. The van der Waals surface area contributed by atoms with Crippen LogP contribution in [0.15, 0.2) is 58.9 Å². The lowest BCUT2D eigenvalue weighted by atomic mass is 10.1. The van der Waals surface area contributed by atoms with Crippen LogP contribution in [0.5, 0.6) is 5.75 Å². The second-order valence-corrected chi connectivity index (χ2v) is 5.98. The van der Waals surface area contributed by atoms with Crippen LogP contribution in [0.3, 0.4) is 0 Å². The molecule has 0 aromatic heterocycles. The van der Waals surface area contributed by atoms with Crippen molar-refractivity contribution in [1.82, 2.24) is 0 Å². The highest BCUT2D eigenvalue weighted by Crippen LogP contribution is 2.35. The van der Waals surface area contributed by atoms with Gasteiger partial charge in [0, 0.05) is 0 Å². The zero-order valence-electron chi connectivity index (χ0n) is 13.8. The van der Waals surface area contributed by atoms with Crippen molar-refractivity contribution in [3.63, 3.8) is 0 Å². The van der Waals surface area contributed by atoms with Gasteiger partial charge in [-0.25, -0.2) is 9.91 Å². The van der Waals surface area contributed by atoms with Gasteiger partial charge in [0.05, 0.1) is 18.5 Å². The molecular weight excluding hydrogens is 320 g/mol. The van der Waals surface area contributed by atoms with E-state index < -0.39 is 12.1 Å². The molecule has 0 saturated carbocycles. The molecule has 2 amide bonds. The molecule has 0 spiro atoms. The predicted octanol–water partition coefficient (Wildman–Crippen LogP) is 2.50. The van der Waals surface area contributed by atoms with Crippen LogP contribution in [-0.2, 0) is 9.59 Å². The van der Waals surface area contributed by atoms with E-state index in [9.17, 15) is 9.59 Å². The number of aryl methyl sites for hydroxylation is 1. The van der Waals surface area contributed by atoms with Gasteiger partial charge in [0.25, 0.3) is 11.8 Å². The maximum absolute atomic E-state index is 12.9. The van der Waals surface area contributed by atoms with Gasteiger partial charge >= 0.3 is 0 Å². The molecule has 1 fully saturated rings. The first-order valence-corrected chi connectivity index (χ1v) is 7.88. The Bertz CT molecular complexity index is 861. The number of carbonyl (C=O) groups is 2. The number of benzene rings is 2. The summed E-state index contributed by atoms with van der Waals surface area (Å²) in [6, 6.07) is 12.8. The number of imide groups is 1. The molecule has 7 heteroatoms. The van der Waals surface area contributed by atoms with Gasteiger partial charge in [-0.1, -0.05) is 22.9 Å². The van der Waals surface area contributed by atoms with Gasteiger partial charge in [-0.05, 0) is 43.3 Å². The van der Waals surface area contributed by atoms with E-state index in [0.717, 1.165) is 5.56 Å². The van der Waals surface area contributed by atoms with Crippen LogP contribution in [0.25, 0.3) is 0 Å². The summed E-state index contributed by atoms with van der Waals surface area (Å²) >= 11 is 0. The number of rotatable bonds is 3. The van der Waals surface area contributed by atoms with E-state index in [2.05, 4.69) is 10.3 Å². The lowest BCUT2D eigenvalue weighted by molar-refractivity contribution is -0.121. The van der Waals surface area contributed by atoms with Crippen LogP contribution in [0, 0.1) is 6.92 Å². The van der Waals surface area contributed by atoms with E-state index in [-0.39, 0.29) is 11.8 Å². The Morgan fingerprint density at radius 2 is 1.56 bits per heavy atom. The molecule has 2 aromatic carbocycles. The molecule has 126 valence electrons. The van der Waals surface area contributed by atoms with E-state index in [0.29, 0.717) is 17.1 Å². The molecule has 2 aromatic rings. The summed E-state index contributed by atoms with van der Waals surface area (Å²) in [6.45, 7) is 1.95. The third kappa shape index (κ3) is 2.36. The van der Waals surface area contributed by atoms with Gasteiger partial charge in [-0.3, -0.25) is 9.59 Å². The quantitative estimate of drug-likeness (QED) is 0.807. The summed E-state index contributed by atoms with van der Waals surface area (Å²) in [7, 11) is 1.58. The van der Waals surface area contributed by atoms with Gasteiger partial charge in [-0.15, -0.1) is 0 Å². The number of ether oxygens (including phenoxy) is 1. The molecular formula is C18H16N4O3. The number of fused-ring (bicyclic) bond motifs is 1. The van der Waals surface area contributed by atoms with E-state index >= 15 is 0 Å². The van der Waals surface area contributed by atoms with Crippen LogP contribution in [-0.4, -0.2) is 31.0 Å².